The summed E-state index contributed by atoms with van der Waals surface area (Å²) in [6, 6.07) is 1.76. The van der Waals surface area contributed by atoms with Gasteiger partial charge in [-0.05, 0) is 25.5 Å². The zero-order chi connectivity index (χ0) is 14.0. The summed E-state index contributed by atoms with van der Waals surface area (Å²) in [4.78, 5) is 19.6. The molecule has 100 valence electrons. The molecule has 0 unspecified atom stereocenters. The highest BCUT2D eigenvalue weighted by Crippen LogP contribution is 2.26. The molecular formula is C12H13N3O3S. The summed E-state index contributed by atoms with van der Waals surface area (Å²) in [6.07, 6.45) is 0. The monoisotopic (exact) mass is 279 g/mol. The molecule has 0 aliphatic rings. The normalized spacial score (nSPS) is 10.7. The number of hydrogen-bond acceptors (Lipinski definition) is 6. The van der Waals surface area contributed by atoms with Gasteiger partial charge in [0, 0.05) is 12.6 Å². The van der Waals surface area contributed by atoms with Gasteiger partial charge in [-0.25, -0.2) is 9.78 Å². The molecule has 2 rings (SSSR count). The first-order valence-corrected chi connectivity index (χ1v) is 6.59. The van der Waals surface area contributed by atoms with Gasteiger partial charge in [-0.1, -0.05) is 16.9 Å². The van der Waals surface area contributed by atoms with E-state index in [-0.39, 0.29) is 5.56 Å². The number of carbonyl (C=O) groups is 1. The maximum absolute atomic E-state index is 11.3. The Hall–Kier alpha value is -1.89. The van der Waals surface area contributed by atoms with Gasteiger partial charge in [0.2, 0.25) is 5.89 Å². The van der Waals surface area contributed by atoms with E-state index in [0.717, 1.165) is 5.69 Å². The first-order valence-electron chi connectivity index (χ1n) is 5.61. The average Bonchev–Trinajstić information content (AvgIpc) is 2.71. The number of thioether (sulfide) groups is 1. The molecule has 0 aliphatic carbocycles. The van der Waals surface area contributed by atoms with Gasteiger partial charge in [0.25, 0.3) is 0 Å². The number of aryl methyl sites for hydroxylation is 3. The number of aromatic nitrogens is 3. The Morgan fingerprint density at radius 1 is 1.37 bits per heavy atom. The topological polar surface area (TPSA) is 89.1 Å². The van der Waals surface area contributed by atoms with Crippen LogP contribution in [0.1, 0.15) is 33.3 Å². The third kappa shape index (κ3) is 3.11. The van der Waals surface area contributed by atoms with Gasteiger partial charge in [-0.15, -0.1) is 0 Å². The van der Waals surface area contributed by atoms with E-state index in [9.17, 15) is 9.90 Å². The maximum Gasteiger partial charge on any atom is 0.338 e. The molecular weight excluding hydrogens is 266 g/mol. The lowest BCUT2D eigenvalue weighted by atomic mass is 10.1. The molecule has 0 bridgehead atoms. The third-order valence-electron chi connectivity index (χ3n) is 2.43. The predicted molar refractivity (Wildman–Crippen MR) is 69.3 cm³/mol. The lowest BCUT2D eigenvalue weighted by Crippen LogP contribution is -2.05. The lowest BCUT2D eigenvalue weighted by Gasteiger charge is -2.08. The van der Waals surface area contributed by atoms with Crippen LogP contribution in [0.25, 0.3) is 0 Å². The second-order valence-corrected chi connectivity index (χ2v) is 5.05. The minimum absolute atomic E-state index is 0.232. The maximum atomic E-state index is 11.3. The summed E-state index contributed by atoms with van der Waals surface area (Å²) >= 11 is 1.29. The van der Waals surface area contributed by atoms with Crippen molar-refractivity contribution >= 4 is 17.7 Å². The van der Waals surface area contributed by atoms with Crippen LogP contribution in [0.5, 0.6) is 0 Å². The molecule has 2 aromatic heterocycles. The summed E-state index contributed by atoms with van der Waals surface area (Å²) in [5, 5.41) is 13.5. The standard InChI is InChI=1S/C12H13N3O3S/c1-6-4-7(2)13-11(10(6)12(16)17)19-5-9-14-8(3)18-15-9/h4H,5H2,1-3H3,(H,16,17). The van der Waals surface area contributed by atoms with Gasteiger partial charge < -0.3 is 9.63 Å². The third-order valence-corrected chi connectivity index (χ3v) is 3.40. The van der Waals surface area contributed by atoms with Gasteiger partial charge in [-0.3, -0.25) is 0 Å². The Bertz CT molecular complexity index is 625. The van der Waals surface area contributed by atoms with E-state index in [2.05, 4.69) is 15.1 Å². The number of rotatable bonds is 4. The second-order valence-electron chi connectivity index (χ2n) is 4.08. The number of pyridine rings is 1. The van der Waals surface area contributed by atoms with Crippen LogP contribution in [0.4, 0.5) is 0 Å². The van der Waals surface area contributed by atoms with Crippen molar-refractivity contribution in [2.45, 2.75) is 31.6 Å². The molecule has 0 aromatic carbocycles. The van der Waals surface area contributed by atoms with Crippen LogP contribution in [-0.2, 0) is 5.75 Å². The lowest BCUT2D eigenvalue weighted by molar-refractivity contribution is 0.0691. The molecule has 0 spiro atoms. The predicted octanol–water partition coefficient (Wildman–Crippen LogP) is 2.38. The smallest absolute Gasteiger partial charge is 0.338 e. The summed E-state index contributed by atoms with van der Waals surface area (Å²) < 4.78 is 4.87. The first kappa shape index (κ1) is 13.5. The highest BCUT2D eigenvalue weighted by Gasteiger charge is 2.17. The van der Waals surface area contributed by atoms with Crippen molar-refractivity contribution in [2.24, 2.45) is 0 Å². The zero-order valence-corrected chi connectivity index (χ0v) is 11.6. The SMILES string of the molecule is Cc1cc(C)c(C(=O)O)c(SCc2noc(C)n2)n1. The van der Waals surface area contributed by atoms with Gasteiger partial charge >= 0.3 is 5.97 Å². The summed E-state index contributed by atoms with van der Waals surface area (Å²) in [7, 11) is 0. The van der Waals surface area contributed by atoms with Crippen LogP contribution < -0.4 is 0 Å². The minimum atomic E-state index is -0.975. The minimum Gasteiger partial charge on any atom is -0.478 e. The molecule has 0 saturated carbocycles. The van der Waals surface area contributed by atoms with E-state index in [1.54, 1.807) is 19.9 Å². The molecule has 0 fully saturated rings. The Balaban J connectivity index is 2.26. The van der Waals surface area contributed by atoms with Gasteiger partial charge in [-0.2, -0.15) is 4.98 Å². The fourth-order valence-electron chi connectivity index (χ4n) is 1.70. The van der Waals surface area contributed by atoms with Gasteiger partial charge in [0.15, 0.2) is 5.82 Å². The van der Waals surface area contributed by atoms with Crippen molar-refractivity contribution in [2.75, 3.05) is 0 Å². The van der Waals surface area contributed by atoms with Crippen LogP contribution in [0, 0.1) is 20.8 Å². The quantitative estimate of drug-likeness (QED) is 0.859. The Morgan fingerprint density at radius 3 is 2.68 bits per heavy atom. The Kier molecular flexibility index (Phi) is 3.84. The van der Waals surface area contributed by atoms with Crippen LogP contribution in [0.2, 0.25) is 0 Å². The molecule has 7 heteroatoms. The molecule has 0 aliphatic heterocycles. The van der Waals surface area contributed by atoms with Crippen molar-refractivity contribution in [1.29, 1.82) is 0 Å². The van der Waals surface area contributed by atoms with Gasteiger partial charge in [0.05, 0.1) is 11.3 Å². The Labute approximate surface area is 114 Å². The van der Waals surface area contributed by atoms with Crippen LogP contribution in [0.3, 0.4) is 0 Å². The number of hydrogen-bond donors (Lipinski definition) is 1. The van der Waals surface area contributed by atoms with Crippen molar-refractivity contribution in [3.8, 4) is 0 Å². The number of nitrogens with zero attached hydrogens (tertiary/aromatic N) is 3. The Morgan fingerprint density at radius 2 is 2.11 bits per heavy atom. The van der Waals surface area contributed by atoms with Crippen molar-refractivity contribution < 1.29 is 14.4 Å². The molecule has 2 heterocycles. The molecule has 6 nitrogen and oxygen atoms in total. The van der Waals surface area contributed by atoms with E-state index in [1.165, 1.54) is 11.8 Å². The van der Waals surface area contributed by atoms with Crippen LogP contribution in [0.15, 0.2) is 15.6 Å². The molecule has 2 aromatic rings. The molecule has 0 amide bonds. The fraction of sp³-hybridized carbons (Fsp3) is 0.333. The summed E-state index contributed by atoms with van der Waals surface area (Å²) in [5.74, 6) is 0.465. The van der Waals surface area contributed by atoms with Gasteiger partial charge in [0.1, 0.15) is 5.03 Å². The molecule has 0 atom stereocenters. The number of carboxylic acid groups (broad SMARTS) is 1. The van der Waals surface area contributed by atoms with Crippen LogP contribution in [-0.4, -0.2) is 26.2 Å². The molecule has 19 heavy (non-hydrogen) atoms. The molecule has 0 radical (unpaired) electrons. The van der Waals surface area contributed by atoms with Crippen molar-refractivity contribution in [3.05, 3.63) is 34.6 Å². The average molecular weight is 279 g/mol. The molecule has 0 saturated heterocycles. The van der Waals surface area contributed by atoms with E-state index in [1.807, 2.05) is 6.92 Å². The fourth-order valence-corrected chi connectivity index (χ4v) is 2.68. The summed E-state index contributed by atoms with van der Waals surface area (Å²) in [5.41, 5.74) is 1.72. The van der Waals surface area contributed by atoms with Crippen LogP contribution >= 0.6 is 11.8 Å². The van der Waals surface area contributed by atoms with Crippen molar-refractivity contribution in [3.63, 3.8) is 0 Å². The van der Waals surface area contributed by atoms with E-state index >= 15 is 0 Å². The summed E-state index contributed by atoms with van der Waals surface area (Å²) in [6.45, 7) is 5.31. The highest BCUT2D eigenvalue weighted by atomic mass is 32.2. The number of aromatic carboxylic acids is 1. The van der Waals surface area contributed by atoms with E-state index < -0.39 is 5.97 Å². The highest BCUT2D eigenvalue weighted by molar-refractivity contribution is 7.98. The molecule has 1 N–H and O–H groups in total. The largest absolute Gasteiger partial charge is 0.478 e. The first-order chi connectivity index (χ1) is 8.97. The zero-order valence-electron chi connectivity index (χ0n) is 10.8. The second kappa shape index (κ2) is 5.40. The van der Waals surface area contributed by atoms with E-state index in [0.29, 0.717) is 28.1 Å². The number of carboxylic acids is 1. The van der Waals surface area contributed by atoms with E-state index in [4.69, 9.17) is 4.52 Å². The van der Waals surface area contributed by atoms with Crippen molar-refractivity contribution in [1.82, 2.24) is 15.1 Å².